The molecule has 0 aromatic carbocycles. The van der Waals surface area contributed by atoms with Gasteiger partial charge in [0.2, 0.25) is 0 Å². The molecule has 0 spiro atoms. The van der Waals surface area contributed by atoms with Gasteiger partial charge in [-0.3, -0.25) is 4.98 Å². The number of pyridine rings is 1. The molecule has 19 heavy (non-hydrogen) atoms. The highest BCUT2D eigenvalue weighted by atomic mass is 32.1. The lowest BCUT2D eigenvalue weighted by Gasteiger charge is -2.14. The van der Waals surface area contributed by atoms with Crippen molar-refractivity contribution in [2.24, 2.45) is 22.4 Å². The zero-order valence-electron chi connectivity index (χ0n) is 11.2. The van der Waals surface area contributed by atoms with E-state index in [1.54, 1.807) is 0 Å². The minimum absolute atomic E-state index is 0.0157. The van der Waals surface area contributed by atoms with Gasteiger partial charge in [-0.15, -0.1) is 0 Å². The fourth-order valence-electron chi connectivity index (χ4n) is 1.81. The van der Waals surface area contributed by atoms with E-state index in [-0.39, 0.29) is 5.96 Å². The molecule has 5 nitrogen and oxygen atoms in total. The first-order chi connectivity index (χ1) is 9.11. The number of hydrogen-bond donors (Lipinski definition) is 3. The smallest absolute Gasteiger partial charge is 0.196 e. The van der Waals surface area contributed by atoms with E-state index in [0.717, 1.165) is 31.5 Å². The zero-order chi connectivity index (χ0) is 14.1. The fourth-order valence-corrected chi connectivity index (χ4v) is 2.01. The first-order valence-electron chi connectivity index (χ1n) is 6.39. The molecule has 0 aliphatic rings. The Hall–Kier alpha value is -1.69. The van der Waals surface area contributed by atoms with Gasteiger partial charge in [0, 0.05) is 18.4 Å². The van der Waals surface area contributed by atoms with Crippen molar-refractivity contribution >= 4 is 23.3 Å². The summed E-state index contributed by atoms with van der Waals surface area (Å²) in [5, 5.41) is 3.37. The summed E-state index contributed by atoms with van der Waals surface area (Å²) in [6, 6.07) is 6.00. The molecule has 0 amide bonds. The summed E-state index contributed by atoms with van der Waals surface area (Å²) in [6.07, 6.45) is 4.92. The van der Waals surface area contributed by atoms with Crippen LogP contribution in [0.25, 0.3) is 0 Å². The van der Waals surface area contributed by atoms with E-state index in [9.17, 15) is 0 Å². The fraction of sp³-hybridized carbons (Fsp3) is 0.462. The summed E-state index contributed by atoms with van der Waals surface area (Å²) in [6.45, 7) is 2.95. The summed E-state index contributed by atoms with van der Waals surface area (Å²) in [7, 11) is 0. The van der Waals surface area contributed by atoms with E-state index >= 15 is 0 Å². The van der Waals surface area contributed by atoms with E-state index in [1.807, 2.05) is 18.3 Å². The van der Waals surface area contributed by atoms with Crippen molar-refractivity contribution in [2.75, 3.05) is 6.54 Å². The van der Waals surface area contributed by atoms with Crippen LogP contribution in [0, 0.1) is 5.92 Å². The Morgan fingerprint density at radius 3 is 2.84 bits per heavy atom. The number of guanidine groups is 1. The highest BCUT2D eigenvalue weighted by molar-refractivity contribution is 7.80. The van der Waals surface area contributed by atoms with Gasteiger partial charge < -0.3 is 16.8 Å². The Bertz CT molecular complexity index is 414. The van der Waals surface area contributed by atoms with Gasteiger partial charge in [-0.05, 0) is 43.1 Å². The molecule has 1 aromatic rings. The Morgan fingerprint density at radius 2 is 2.26 bits per heavy atom. The van der Waals surface area contributed by atoms with Gasteiger partial charge in [0.15, 0.2) is 11.1 Å². The van der Waals surface area contributed by atoms with Crippen molar-refractivity contribution in [3.05, 3.63) is 30.1 Å². The minimum atomic E-state index is -0.0157. The average molecular weight is 279 g/mol. The first kappa shape index (κ1) is 15.4. The van der Waals surface area contributed by atoms with Crippen LogP contribution in [0.5, 0.6) is 0 Å². The van der Waals surface area contributed by atoms with Crippen LogP contribution in [-0.2, 0) is 6.42 Å². The van der Waals surface area contributed by atoms with Crippen LogP contribution in [0.15, 0.2) is 29.4 Å². The van der Waals surface area contributed by atoms with E-state index in [4.69, 9.17) is 23.7 Å². The summed E-state index contributed by atoms with van der Waals surface area (Å²) in [4.78, 5) is 8.11. The van der Waals surface area contributed by atoms with Gasteiger partial charge in [0.05, 0.1) is 0 Å². The monoisotopic (exact) mass is 279 g/mol. The third-order valence-corrected chi connectivity index (χ3v) is 3.10. The molecule has 0 saturated carbocycles. The SMILES string of the molecule is CCC(CCNC(=S)N=C(N)N)Cc1ccccn1. The average Bonchev–Trinajstić information content (AvgIpc) is 2.38. The van der Waals surface area contributed by atoms with Gasteiger partial charge in [0.25, 0.3) is 0 Å². The molecule has 0 bridgehead atoms. The molecule has 0 aliphatic heterocycles. The molecular formula is C13H21N5S. The predicted octanol–water partition coefficient (Wildman–Crippen LogP) is 1.19. The number of thiocarbonyl (C=S) groups is 1. The number of aliphatic imine (C=N–C) groups is 1. The lowest BCUT2D eigenvalue weighted by atomic mass is 9.96. The van der Waals surface area contributed by atoms with Gasteiger partial charge >= 0.3 is 0 Å². The van der Waals surface area contributed by atoms with Crippen LogP contribution in [0.1, 0.15) is 25.5 Å². The molecular weight excluding hydrogens is 258 g/mol. The third kappa shape index (κ3) is 6.71. The number of aromatic nitrogens is 1. The van der Waals surface area contributed by atoms with Crippen LogP contribution in [0.4, 0.5) is 0 Å². The standard InChI is InChI=1S/C13H21N5S/c1-2-10(9-11-5-3-4-7-16-11)6-8-17-13(19)18-12(14)15/h3-5,7,10H,2,6,8-9H2,1H3,(H5,14,15,17,18,19). The van der Waals surface area contributed by atoms with Crippen LogP contribution in [-0.4, -0.2) is 22.6 Å². The van der Waals surface area contributed by atoms with E-state index in [2.05, 4.69) is 28.3 Å². The van der Waals surface area contributed by atoms with Crippen molar-refractivity contribution in [2.45, 2.75) is 26.2 Å². The van der Waals surface area contributed by atoms with Crippen molar-refractivity contribution in [3.8, 4) is 0 Å². The van der Waals surface area contributed by atoms with E-state index < -0.39 is 0 Å². The molecule has 104 valence electrons. The zero-order valence-corrected chi connectivity index (χ0v) is 12.0. The molecule has 0 fully saturated rings. The molecule has 1 aromatic heterocycles. The predicted molar refractivity (Wildman–Crippen MR) is 82.7 cm³/mol. The Kier molecular flexibility index (Phi) is 6.81. The summed E-state index contributed by atoms with van der Waals surface area (Å²) in [5.74, 6) is 0.558. The topological polar surface area (TPSA) is 89.3 Å². The number of hydrogen-bond acceptors (Lipinski definition) is 2. The Labute approximate surface area is 119 Å². The summed E-state index contributed by atoms with van der Waals surface area (Å²) < 4.78 is 0. The molecule has 1 heterocycles. The lowest BCUT2D eigenvalue weighted by Crippen LogP contribution is -2.29. The molecule has 6 heteroatoms. The van der Waals surface area contributed by atoms with Gasteiger partial charge in [-0.1, -0.05) is 19.4 Å². The largest absolute Gasteiger partial charge is 0.370 e. The van der Waals surface area contributed by atoms with Gasteiger partial charge in [-0.25, -0.2) is 0 Å². The van der Waals surface area contributed by atoms with E-state index in [0.29, 0.717) is 11.0 Å². The first-order valence-corrected chi connectivity index (χ1v) is 6.80. The molecule has 1 rings (SSSR count). The van der Waals surface area contributed by atoms with Crippen LogP contribution in [0.3, 0.4) is 0 Å². The molecule has 0 aliphatic carbocycles. The normalized spacial score (nSPS) is 11.6. The minimum Gasteiger partial charge on any atom is -0.370 e. The molecule has 0 saturated heterocycles. The van der Waals surface area contributed by atoms with Crippen LogP contribution < -0.4 is 16.8 Å². The second-order valence-electron chi connectivity index (χ2n) is 4.36. The van der Waals surface area contributed by atoms with Gasteiger partial charge in [0.1, 0.15) is 0 Å². The summed E-state index contributed by atoms with van der Waals surface area (Å²) in [5.41, 5.74) is 11.6. The molecule has 1 atom stereocenters. The second-order valence-corrected chi connectivity index (χ2v) is 4.74. The molecule has 1 unspecified atom stereocenters. The van der Waals surface area contributed by atoms with Crippen molar-refractivity contribution in [3.63, 3.8) is 0 Å². The van der Waals surface area contributed by atoms with Crippen LogP contribution in [0.2, 0.25) is 0 Å². The highest BCUT2D eigenvalue weighted by Crippen LogP contribution is 2.13. The number of nitrogens with zero attached hydrogens (tertiary/aromatic N) is 2. The second kappa shape index (κ2) is 8.42. The van der Waals surface area contributed by atoms with Crippen LogP contribution >= 0.6 is 12.2 Å². The Morgan fingerprint density at radius 1 is 1.47 bits per heavy atom. The molecule has 0 radical (unpaired) electrons. The third-order valence-electron chi connectivity index (χ3n) is 2.86. The van der Waals surface area contributed by atoms with Crippen molar-refractivity contribution in [1.29, 1.82) is 0 Å². The molecule has 5 N–H and O–H groups in total. The van der Waals surface area contributed by atoms with E-state index in [1.165, 1.54) is 0 Å². The lowest BCUT2D eigenvalue weighted by molar-refractivity contribution is 0.461. The number of nitrogens with two attached hydrogens (primary N) is 2. The number of rotatable bonds is 6. The Balaban J connectivity index is 2.33. The van der Waals surface area contributed by atoms with Crippen molar-refractivity contribution in [1.82, 2.24) is 10.3 Å². The maximum atomic E-state index is 5.25. The highest BCUT2D eigenvalue weighted by Gasteiger charge is 2.08. The maximum absolute atomic E-state index is 5.25. The number of nitrogens with one attached hydrogen (secondary N) is 1. The van der Waals surface area contributed by atoms with Crippen molar-refractivity contribution < 1.29 is 0 Å². The maximum Gasteiger partial charge on any atom is 0.196 e. The summed E-state index contributed by atoms with van der Waals surface area (Å²) >= 11 is 4.98. The van der Waals surface area contributed by atoms with Gasteiger partial charge in [-0.2, -0.15) is 4.99 Å². The quantitative estimate of drug-likeness (QED) is 0.413.